The van der Waals surface area contributed by atoms with Gasteiger partial charge in [-0.25, -0.2) is 0 Å². The summed E-state index contributed by atoms with van der Waals surface area (Å²) < 4.78 is 24.6. The van der Waals surface area contributed by atoms with Crippen molar-refractivity contribution in [1.82, 2.24) is 0 Å². The zero-order valence-electron chi connectivity index (χ0n) is 25.3. The van der Waals surface area contributed by atoms with Crippen molar-refractivity contribution in [2.45, 2.75) is 40.9 Å². The first-order chi connectivity index (χ1) is 21.3. The first-order valence-electron chi connectivity index (χ1n) is 14.3. The SMILES string of the molecule is CCOc1cc(COc2c(Br)cc(/C=C(\C#N)C(=O)Nc3ccc(C)cc3C)cc2OCC)ccc1OCc1ccccc1. The summed E-state index contributed by atoms with van der Waals surface area (Å²) in [5, 5.41) is 12.6. The third-order valence-corrected chi connectivity index (χ3v) is 7.16. The molecule has 0 fully saturated rings. The molecule has 7 nitrogen and oxygen atoms in total. The van der Waals surface area contributed by atoms with Crippen molar-refractivity contribution in [3.8, 4) is 29.1 Å². The highest BCUT2D eigenvalue weighted by atomic mass is 79.9. The van der Waals surface area contributed by atoms with Gasteiger partial charge in [-0.05, 0) is 102 Å². The monoisotopic (exact) mass is 654 g/mol. The van der Waals surface area contributed by atoms with Crippen LogP contribution in [0.25, 0.3) is 6.08 Å². The highest BCUT2D eigenvalue weighted by Crippen LogP contribution is 2.39. The minimum absolute atomic E-state index is 0.0361. The largest absolute Gasteiger partial charge is 0.490 e. The van der Waals surface area contributed by atoms with Crippen molar-refractivity contribution in [2.24, 2.45) is 0 Å². The number of amides is 1. The summed E-state index contributed by atoms with van der Waals surface area (Å²) in [5.74, 6) is 1.78. The van der Waals surface area contributed by atoms with E-state index in [1.54, 1.807) is 12.1 Å². The van der Waals surface area contributed by atoms with Crippen molar-refractivity contribution in [3.63, 3.8) is 0 Å². The predicted octanol–water partition coefficient (Wildman–Crippen LogP) is 8.57. The molecule has 0 aliphatic carbocycles. The van der Waals surface area contributed by atoms with Gasteiger partial charge in [-0.2, -0.15) is 5.26 Å². The van der Waals surface area contributed by atoms with Crippen LogP contribution in [0.5, 0.6) is 23.0 Å². The van der Waals surface area contributed by atoms with E-state index in [1.165, 1.54) is 6.08 Å². The smallest absolute Gasteiger partial charge is 0.266 e. The molecular weight excluding hydrogens is 620 g/mol. The van der Waals surface area contributed by atoms with E-state index in [9.17, 15) is 10.1 Å². The van der Waals surface area contributed by atoms with Gasteiger partial charge in [-0.15, -0.1) is 0 Å². The summed E-state index contributed by atoms with van der Waals surface area (Å²) in [7, 11) is 0. The van der Waals surface area contributed by atoms with Gasteiger partial charge in [-0.3, -0.25) is 4.79 Å². The lowest BCUT2D eigenvalue weighted by molar-refractivity contribution is -0.112. The molecule has 4 aromatic rings. The fraction of sp³-hybridized carbons (Fsp3) is 0.222. The summed E-state index contributed by atoms with van der Waals surface area (Å²) in [6.07, 6.45) is 1.53. The second kappa shape index (κ2) is 15.6. The topological polar surface area (TPSA) is 89.8 Å². The average molecular weight is 656 g/mol. The number of halogens is 1. The van der Waals surface area contributed by atoms with Gasteiger partial charge < -0.3 is 24.3 Å². The van der Waals surface area contributed by atoms with Crippen LogP contribution in [0.1, 0.15) is 41.7 Å². The predicted molar refractivity (Wildman–Crippen MR) is 176 cm³/mol. The van der Waals surface area contributed by atoms with Crippen molar-refractivity contribution in [1.29, 1.82) is 5.26 Å². The molecule has 44 heavy (non-hydrogen) atoms. The van der Waals surface area contributed by atoms with Crippen molar-refractivity contribution >= 4 is 33.6 Å². The van der Waals surface area contributed by atoms with Gasteiger partial charge in [-0.1, -0.05) is 54.1 Å². The molecule has 1 N–H and O–H groups in total. The molecule has 0 aliphatic heterocycles. The minimum atomic E-state index is -0.491. The number of ether oxygens (including phenoxy) is 4. The Bertz CT molecular complexity index is 1680. The molecule has 0 saturated heterocycles. The first kappa shape index (κ1) is 32.2. The number of nitriles is 1. The quantitative estimate of drug-likeness (QED) is 0.115. The molecule has 0 aliphatic rings. The lowest BCUT2D eigenvalue weighted by Gasteiger charge is -2.16. The Morgan fingerprint density at radius 3 is 2.25 bits per heavy atom. The zero-order chi connectivity index (χ0) is 31.5. The lowest BCUT2D eigenvalue weighted by Crippen LogP contribution is -2.14. The molecule has 0 heterocycles. The summed E-state index contributed by atoms with van der Waals surface area (Å²) in [4.78, 5) is 12.9. The number of rotatable bonds is 13. The van der Waals surface area contributed by atoms with Crippen LogP contribution in [-0.2, 0) is 18.0 Å². The Balaban J connectivity index is 1.51. The van der Waals surface area contributed by atoms with Crippen LogP contribution in [-0.4, -0.2) is 19.1 Å². The van der Waals surface area contributed by atoms with Crippen molar-refractivity contribution in [2.75, 3.05) is 18.5 Å². The van der Waals surface area contributed by atoms with Gasteiger partial charge in [0.2, 0.25) is 0 Å². The Kier molecular flexibility index (Phi) is 11.4. The van der Waals surface area contributed by atoms with Gasteiger partial charge in [0.05, 0.1) is 17.7 Å². The highest BCUT2D eigenvalue weighted by molar-refractivity contribution is 9.10. The van der Waals surface area contributed by atoms with Crippen LogP contribution in [0.2, 0.25) is 0 Å². The van der Waals surface area contributed by atoms with Gasteiger partial charge >= 0.3 is 0 Å². The van der Waals surface area contributed by atoms with E-state index in [-0.39, 0.29) is 12.2 Å². The normalized spacial score (nSPS) is 11.0. The molecule has 0 radical (unpaired) electrons. The minimum Gasteiger partial charge on any atom is -0.490 e. The van der Waals surface area contributed by atoms with Gasteiger partial charge in [0.15, 0.2) is 23.0 Å². The molecule has 8 heteroatoms. The second-order valence-electron chi connectivity index (χ2n) is 9.98. The summed E-state index contributed by atoms with van der Waals surface area (Å²) in [6, 6.07) is 26.9. The van der Waals surface area contributed by atoms with Gasteiger partial charge in [0.1, 0.15) is 24.9 Å². The Labute approximate surface area is 267 Å². The Morgan fingerprint density at radius 2 is 1.55 bits per heavy atom. The third kappa shape index (κ3) is 8.65. The summed E-state index contributed by atoms with van der Waals surface area (Å²) in [5.41, 5.74) is 5.19. The number of aryl methyl sites for hydroxylation is 2. The molecular formula is C36H35BrN2O5. The summed E-state index contributed by atoms with van der Waals surface area (Å²) >= 11 is 3.59. The first-order valence-corrected chi connectivity index (χ1v) is 15.1. The number of anilines is 1. The molecule has 0 atom stereocenters. The van der Waals surface area contributed by atoms with E-state index in [1.807, 2.05) is 100 Å². The third-order valence-electron chi connectivity index (χ3n) is 6.57. The number of nitrogens with one attached hydrogen (secondary N) is 1. The van der Waals surface area contributed by atoms with E-state index < -0.39 is 5.91 Å². The number of carbonyl (C=O) groups excluding carboxylic acids is 1. The second-order valence-corrected chi connectivity index (χ2v) is 10.8. The number of hydrogen-bond donors (Lipinski definition) is 1. The average Bonchev–Trinajstić information content (AvgIpc) is 3.01. The van der Waals surface area contributed by atoms with E-state index >= 15 is 0 Å². The van der Waals surface area contributed by atoms with E-state index in [0.717, 1.165) is 22.3 Å². The lowest BCUT2D eigenvalue weighted by atomic mass is 10.1. The van der Waals surface area contributed by atoms with Gasteiger partial charge in [0.25, 0.3) is 5.91 Å². The summed E-state index contributed by atoms with van der Waals surface area (Å²) in [6.45, 7) is 9.27. The fourth-order valence-electron chi connectivity index (χ4n) is 4.45. The molecule has 0 saturated carbocycles. The number of nitrogens with zero attached hydrogens (tertiary/aromatic N) is 1. The van der Waals surface area contributed by atoms with Crippen molar-refractivity contribution in [3.05, 3.63) is 117 Å². The van der Waals surface area contributed by atoms with Crippen LogP contribution in [0.3, 0.4) is 0 Å². The van der Waals surface area contributed by atoms with E-state index in [4.69, 9.17) is 18.9 Å². The maximum Gasteiger partial charge on any atom is 0.266 e. The Hall–Kier alpha value is -4.74. The maximum atomic E-state index is 12.9. The number of benzene rings is 4. The number of carbonyl (C=O) groups is 1. The molecule has 226 valence electrons. The maximum absolute atomic E-state index is 12.9. The molecule has 0 aromatic heterocycles. The van der Waals surface area contributed by atoms with Crippen molar-refractivity contribution < 1.29 is 23.7 Å². The molecule has 1 amide bonds. The standard InChI is InChI=1S/C36H35BrN2O5/c1-5-41-33-19-27(13-15-32(33)43-22-26-10-8-7-9-11-26)23-44-35-30(37)18-28(20-34(35)42-6-2)17-29(21-38)36(40)39-31-14-12-24(3)16-25(31)4/h7-20H,5-6,22-23H2,1-4H3,(H,39,40)/b29-17+. The highest BCUT2D eigenvalue weighted by Gasteiger charge is 2.16. The molecule has 4 rings (SSSR count). The molecule has 0 bridgehead atoms. The fourth-order valence-corrected chi connectivity index (χ4v) is 5.03. The van der Waals surface area contributed by atoms with Crippen LogP contribution < -0.4 is 24.3 Å². The number of hydrogen-bond acceptors (Lipinski definition) is 6. The van der Waals surface area contributed by atoms with Crippen LogP contribution in [0.4, 0.5) is 5.69 Å². The Morgan fingerprint density at radius 1 is 0.818 bits per heavy atom. The van der Waals surface area contributed by atoms with E-state index in [0.29, 0.717) is 58.5 Å². The van der Waals surface area contributed by atoms with Gasteiger partial charge in [0, 0.05) is 5.69 Å². The van der Waals surface area contributed by atoms with E-state index in [2.05, 4.69) is 21.2 Å². The van der Waals surface area contributed by atoms with Crippen LogP contribution in [0, 0.1) is 25.2 Å². The van der Waals surface area contributed by atoms with Crippen LogP contribution in [0.15, 0.2) is 88.9 Å². The zero-order valence-corrected chi connectivity index (χ0v) is 26.9. The van der Waals surface area contributed by atoms with Crippen LogP contribution >= 0.6 is 15.9 Å². The molecule has 4 aromatic carbocycles. The molecule has 0 spiro atoms. The molecule has 0 unspecified atom stereocenters.